The Morgan fingerprint density at radius 3 is 2.50 bits per heavy atom. The van der Waals surface area contributed by atoms with E-state index in [1.807, 2.05) is 6.92 Å². The lowest BCUT2D eigenvalue weighted by Gasteiger charge is -2.20. The van der Waals surface area contributed by atoms with Gasteiger partial charge in [0.2, 0.25) is 10.0 Å². The van der Waals surface area contributed by atoms with Crippen molar-refractivity contribution < 1.29 is 8.42 Å². The Morgan fingerprint density at radius 1 is 1.28 bits per heavy atom. The largest absolute Gasteiger partial charge is 0.357 e. The minimum atomic E-state index is -3.10. The van der Waals surface area contributed by atoms with Crippen molar-refractivity contribution in [1.29, 1.82) is 0 Å². The summed E-state index contributed by atoms with van der Waals surface area (Å²) in [6.45, 7) is 7.39. The van der Waals surface area contributed by atoms with Crippen molar-refractivity contribution in [3.8, 4) is 0 Å². The topological polar surface area (TPSA) is 73.8 Å². The zero-order valence-electron chi connectivity index (χ0n) is 11.3. The number of sulfonamides is 1. The molecule has 1 aliphatic rings. The molecule has 0 spiro atoms. The zero-order valence-corrected chi connectivity index (χ0v) is 12.1. The van der Waals surface area contributed by atoms with E-state index in [-0.39, 0.29) is 5.75 Å². The Labute approximate surface area is 110 Å². The molecule has 7 heteroatoms. The molecule has 6 nitrogen and oxygen atoms in total. The van der Waals surface area contributed by atoms with Crippen LogP contribution in [0.2, 0.25) is 0 Å². The van der Waals surface area contributed by atoms with Crippen LogP contribution in [0.1, 0.15) is 26.7 Å². The summed E-state index contributed by atoms with van der Waals surface area (Å²) in [5.41, 5.74) is 0. The second-order valence-corrected chi connectivity index (χ2v) is 6.32. The smallest absolute Gasteiger partial charge is 0.211 e. The Balaban J connectivity index is 2.40. The molecule has 1 rings (SSSR count). The molecule has 1 fully saturated rings. The first-order valence-electron chi connectivity index (χ1n) is 6.59. The average Bonchev–Trinajstić information content (AvgIpc) is 2.87. The highest BCUT2D eigenvalue weighted by Crippen LogP contribution is 2.07. The third-order valence-corrected chi connectivity index (χ3v) is 4.22. The maximum absolute atomic E-state index is 11.2. The van der Waals surface area contributed by atoms with Gasteiger partial charge in [0.25, 0.3) is 0 Å². The number of likely N-dealkylation sites (tertiary alicyclic amines) is 1. The lowest BCUT2D eigenvalue weighted by atomic mass is 10.4. The molecule has 0 aromatic rings. The Kier molecular flexibility index (Phi) is 6.42. The van der Waals surface area contributed by atoms with Gasteiger partial charge in [0.05, 0.1) is 12.3 Å². The molecule has 1 saturated heterocycles. The molecule has 0 unspecified atom stereocenters. The lowest BCUT2D eigenvalue weighted by Crippen LogP contribution is -2.40. The van der Waals surface area contributed by atoms with Gasteiger partial charge >= 0.3 is 0 Å². The van der Waals surface area contributed by atoms with Crippen molar-refractivity contribution in [2.45, 2.75) is 26.7 Å². The first-order valence-corrected chi connectivity index (χ1v) is 8.25. The molecule has 0 radical (unpaired) electrons. The predicted octanol–water partition coefficient (Wildman–Crippen LogP) is -0.0130. The quantitative estimate of drug-likeness (QED) is 0.406. The van der Waals surface area contributed by atoms with Crippen LogP contribution in [0.3, 0.4) is 0 Å². The van der Waals surface area contributed by atoms with Crippen molar-refractivity contribution in [2.75, 3.05) is 38.5 Å². The summed E-state index contributed by atoms with van der Waals surface area (Å²) in [5.74, 6) is 1.01. The summed E-state index contributed by atoms with van der Waals surface area (Å²) in [6, 6.07) is 0. The van der Waals surface area contributed by atoms with E-state index in [1.165, 1.54) is 12.8 Å². The molecular weight excluding hydrogens is 252 g/mol. The van der Waals surface area contributed by atoms with Crippen LogP contribution in [0.5, 0.6) is 0 Å². The number of guanidine groups is 1. The monoisotopic (exact) mass is 276 g/mol. The Hall–Kier alpha value is -0.820. The number of hydrogen-bond donors (Lipinski definition) is 2. The molecule has 0 bridgehead atoms. The second kappa shape index (κ2) is 7.58. The zero-order chi connectivity index (χ0) is 13.4. The molecule has 18 heavy (non-hydrogen) atoms. The van der Waals surface area contributed by atoms with Crippen LogP contribution in [0.25, 0.3) is 0 Å². The summed E-state index contributed by atoms with van der Waals surface area (Å²) in [7, 11) is -3.10. The summed E-state index contributed by atoms with van der Waals surface area (Å²) >= 11 is 0. The molecule has 1 aliphatic heterocycles. The van der Waals surface area contributed by atoms with E-state index < -0.39 is 10.0 Å². The van der Waals surface area contributed by atoms with E-state index in [4.69, 9.17) is 0 Å². The third kappa shape index (κ3) is 5.22. The standard InChI is InChI=1S/C11H24N4O2S/c1-3-12-11(15-9-5-6-10-15)13-7-8-14-18(16,17)4-2/h14H,3-10H2,1-2H3,(H,12,13). The Morgan fingerprint density at radius 2 is 1.94 bits per heavy atom. The van der Waals surface area contributed by atoms with Gasteiger partial charge in [0, 0.05) is 26.2 Å². The number of aliphatic imine (C=N–C) groups is 1. The Bertz CT molecular complexity index is 361. The minimum Gasteiger partial charge on any atom is -0.357 e. The number of nitrogens with one attached hydrogen (secondary N) is 2. The van der Waals surface area contributed by atoms with Crippen molar-refractivity contribution in [2.24, 2.45) is 4.99 Å². The number of nitrogens with zero attached hydrogens (tertiary/aromatic N) is 2. The van der Waals surface area contributed by atoms with Crippen LogP contribution in [-0.4, -0.2) is 57.8 Å². The summed E-state index contributed by atoms with van der Waals surface area (Å²) < 4.78 is 25.0. The molecule has 0 aliphatic carbocycles. The highest BCUT2D eigenvalue weighted by Gasteiger charge is 2.15. The van der Waals surface area contributed by atoms with Gasteiger partial charge in [-0.1, -0.05) is 0 Å². The van der Waals surface area contributed by atoms with Gasteiger partial charge in [-0.05, 0) is 26.7 Å². The van der Waals surface area contributed by atoms with Gasteiger partial charge < -0.3 is 10.2 Å². The number of rotatable bonds is 6. The van der Waals surface area contributed by atoms with Crippen LogP contribution in [-0.2, 0) is 10.0 Å². The van der Waals surface area contributed by atoms with E-state index >= 15 is 0 Å². The molecule has 2 N–H and O–H groups in total. The van der Waals surface area contributed by atoms with Gasteiger partial charge in [0.1, 0.15) is 0 Å². The fraction of sp³-hybridized carbons (Fsp3) is 0.909. The van der Waals surface area contributed by atoms with E-state index in [9.17, 15) is 8.42 Å². The second-order valence-electron chi connectivity index (χ2n) is 4.23. The maximum Gasteiger partial charge on any atom is 0.211 e. The first-order chi connectivity index (χ1) is 8.59. The third-order valence-electron chi connectivity index (χ3n) is 2.82. The van der Waals surface area contributed by atoms with Gasteiger partial charge in [-0.15, -0.1) is 0 Å². The van der Waals surface area contributed by atoms with Gasteiger partial charge in [-0.3, -0.25) is 4.99 Å². The fourth-order valence-corrected chi connectivity index (χ4v) is 2.43. The maximum atomic E-state index is 11.2. The highest BCUT2D eigenvalue weighted by atomic mass is 32.2. The average molecular weight is 276 g/mol. The van der Waals surface area contributed by atoms with Crippen LogP contribution >= 0.6 is 0 Å². The molecular formula is C11H24N4O2S. The van der Waals surface area contributed by atoms with Crippen LogP contribution in [0, 0.1) is 0 Å². The normalized spacial score (nSPS) is 17.2. The SMILES string of the molecule is CCNC(=NCCNS(=O)(=O)CC)N1CCCC1. The molecule has 106 valence electrons. The molecule has 0 aromatic heterocycles. The van der Waals surface area contributed by atoms with E-state index in [1.54, 1.807) is 6.92 Å². The summed E-state index contributed by atoms with van der Waals surface area (Å²) in [5, 5.41) is 3.23. The van der Waals surface area contributed by atoms with Crippen molar-refractivity contribution >= 4 is 16.0 Å². The van der Waals surface area contributed by atoms with Crippen LogP contribution in [0.15, 0.2) is 4.99 Å². The van der Waals surface area contributed by atoms with E-state index in [0.29, 0.717) is 13.1 Å². The van der Waals surface area contributed by atoms with Crippen LogP contribution in [0.4, 0.5) is 0 Å². The first kappa shape index (κ1) is 15.2. The van der Waals surface area contributed by atoms with E-state index in [2.05, 4.69) is 19.9 Å². The summed E-state index contributed by atoms with van der Waals surface area (Å²) in [6.07, 6.45) is 2.40. The van der Waals surface area contributed by atoms with Crippen molar-refractivity contribution in [1.82, 2.24) is 14.9 Å². The fourth-order valence-electron chi connectivity index (χ4n) is 1.82. The molecule has 0 aromatic carbocycles. The summed E-state index contributed by atoms with van der Waals surface area (Å²) in [4.78, 5) is 6.66. The molecule has 0 amide bonds. The molecule has 0 saturated carbocycles. The number of hydrogen-bond acceptors (Lipinski definition) is 3. The van der Waals surface area contributed by atoms with Crippen molar-refractivity contribution in [3.05, 3.63) is 0 Å². The van der Waals surface area contributed by atoms with Gasteiger partial charge in [-0.25, -0.2) is 13.1 Å². The molecule has 1 heterocycles. The minimum absolute atomic E-state index is 0.114. The van der Waals surface area contributed by atoms with Crippen LogP contribution < -0.4 is 10.0 Å². The predicted molar refractivity (Wildman–Crippen MR) is 74.2 cm³/mol. The van der Waals surface area contributed by atoms with E-state index in [0.717, 1.165) is 25.6 Å². The lowest BCUT2D eigenvalue weighted by molar-refractivity contribution is 0.493. The van der Waals surface area contributed by atoms with Gasteiger partial charge in [-0.2, -0.15) is 0 Å². The van der Waals surface area contributed by atoms with Crippen molar-refractivity contribution in [3.63, 3.8) is 0 Å². The molecule has 0 atom stereocenters. The van der Waals surface area contributed by atoms with Gasteiger partial charge in [0.15, 0.2) is 5.96 Å². The highest BCUT2D eigenvalue weighted by molar-refractivity contribution is 7.89.